The number of nitrogens with one attached hydrogen (secondary N) is 2. The van der Waals surface area contributed by atoms with Crippen LogP contribution in [0.3, 0.4) is 0 Å². The molecule has 0 saturated carbocycles. The second-order valence-corrected chi connectivity index (χ2v) is 5.55. The highest BCUT2D eigenvalue weighted by molar-refractivity contribution is 6.31. The molecule has 0 aliphatic rings. The van der Waals surface area contributed by atoms with Crippen molar-refractivity contribution in [3.63, 3.8) is 0 Å². The number of carbonyl (C=O) groups excluding carboxylic acids is 1. The molecule has 3 aromatic rings. The Balaban J connectivity index is 1.68. The maximum atomic E-state index is 13.5. The van der Waals surface area contributed by atoms with Gasteiger partial charge in [-0.25, -0.2) is 8.78 Å². The Hall–Kier alpha value is -2.40. The SMILES string of the molecule is O=C(NCCc1c[nH]c2ccc(Cl)cc12)c1cccc(F)c1F. The molecule has 3 rings (SSSR count). The van der Waals surface area contributed by atoms with Crippen LogP contribution in [0.2, 0.25) is 5.02 Å². The zero-order chi connectivity index (χ0) is 16.4. The number of H-pyrrole nitrogens is 1. The van der Waals surface area contributed by atoms with Gasteiger partial charge >= 0.3 is 0 Å². The Morgan fingerprint density at radius 2 is 2.04 bits per heavy atom. The van der Waals surface area contributed by atoms with Gasteiger partial charge in [0.2, 0.25) is 0 Å². The van der Waals surface area contributed by atoms with Gasteiger partial charge in [-0.1, -0.05) is 17.7 Å². The Kier molecular flexibility index (Phi) is 4.30. The van der Waals surface area contributed by atoms with Crippen LogP contribution in [0, 0.1) is 11.6 Å². The van der Waals surface area contributed by atoms with Crippen LogP contribution in [0.15, 0.2) is 42.6 Å². The summed E-state index contributed by atoms with van der Waals surface area (Å²) in [4.78, 5) is 15.0. The Labute approximate surface area is 136 Å². The van der Waals surface area contributed by atoms with Crippen LogP contribution in [0.25, 0.3) is 10.9 Å². The minimum atomic E-state index is -1.14. The molecule has 1 heterocycles. The molecule has 0 saturated heterocycles. The lowest BCUT2D eigenvalue weighted by molar-refractivity contribution is 0.0949. The van der Waals surface area contributed by atoms with Crippen molar-refractivity contribution in [3.8, 4) is 0 Å². The van der Waals surface area contributed by atoms with E-state index in [0.717, 1.165) is 22.5 Å². The number of hydrogen-bond acceptors (Lipinski definition) is 1. The molecule has 0 radical (unpaired) electrons. The normalized spacial score (nSPS) is 10.9. The van der Waals surface area contributed by atoms with Gasteiger partial charge in [0, 0.05) is 28.7 Å². The zero-order valence-corrected chi connectivity index (χ0v) is 12.8. The molecule has 0 aliphatic heterocycles. The summed E-state index contributed by atoms with van der Waals surface area (Å²) in [5, 5.41) is 4.20. The van der Waals surface area contributed by atoms with Crippen LogP contribution in [-0.4, -0.2) is 17.4 Å². The number of carbonyl (C=O) groups is 1. The van der Waals surface area contributed by atoms with Gasteiger partial charge in [-0.15, -0.1) is 0 Å². The monoisotopic (exact) mass is 334 g/mol. The molecule has 23 heavy (non-hydrogen) atoms. The van der Waals surface area contributed by atoms with E-state index >= 15 is 0 Å². The van der Waals surface area contributed by atoms with Crippen LogP contribution in [0.1, 0.15) is 15.9 Å². The van der Waals surface area contributed by atoms with Crippen LogP contribution in [-0.2, 0) is 6.42 Å². The fourth-order valence-electron chi connectivity index (χ4n) is 2.44. The summed E-state index contributed by atoms with van der Waals surface area (Å²) >= 11 is 5.98. The molecule has 1 aromatic heterocycles. The largest absolute Gasteiger partial charge is 0.361 e. The van der Waals surface area contributed by atoms with E-state index in [1.807, 2.05) is 18.3 Å². The van der Waals surface area contributed by atoms with E-state index in [0.29, 0.717) is 18.0 Å². The van der Waals surface area contributed by atoms with Gasteiger partial charge in [-0.05, 0) is 42.3 Å². The van der Waals surface area contributed by atoms with E-state index in [9.17, 15) is 13.6 Å². The minimum absolute atomic E-state index is 0.299. The number of hydrogen-bond donors (Lipinski definition) is 2. The number of fused-ring (bicyclic) bond motifs is 1. The van der Waals surface area contributed by atoms with Crippen molar-refractivity contribution in [2.75, 3.05) is 6.54 Å². The number of aromatic nitrogens is 1. The van der Waals surface area contributed by atoms with E-state index in [4.69, 9.17) is 11.6 Å². The van der Waals surface area contributed by atoms with Gasteiger partial charge in [0.05, 0.1) is 5.56 Å². The Morgan fingerprint density at radius 3 is 2.87 bits per heavy atom. The molecule has 0 aliphatic carbocycles. The predicted molar refractivity (Wildman–Crippen MR) is 85.7 cm³/mol. The smallest absolute Gasteiger partial charge is 0.254 e. The first-order valence-electron chi connectivity index (χ1n) is 7.04. The fraction of sp³-hybridized carbons (Fsp3) is 0.118. The van der Waals surface area contributed by atoms with Crippen molar-refractivity contribution in [1.82, 2.24) is 10.3 Å². The highest BCUT2D eigenvalue weighted by Gasteiger charge is 2.14. The molecule has 3 nitrogen and oxygen atoms in total. The first-order chi connectivity index (χ1) is 11.1. The number of amides is 1. The summed E-state index contributed by atoms with van der Waals surface area (Å²) in [5.74, 6) is -2.81. The lowest BCUT2D eigenvalue weighted by Gasteiger charge is -2.06. The van der Waals surface area contributed by atoms with E-state index < -0.39 is 17.5 Å². The maximum Gasteiger partial charge on any atom is 0.254 e. The van der Waals surface area contributed by atoms with Gasteiger partial charge in [-0.2, -0.15) is 0 Å². The number of aromatic amines is 1. The number of rotatable bonds is 4. The summed E-state index contributed by atoms with van der Waals surface area (Å²) in [5.41, 5.74) is 1.64. The van der Waals surface area contributed by atoms with E-state index in [1.165, 1.54) is 12.1 Å². The van der Waals surface area contributed by atoms with Crippen LogP contribution in [0.5, 0.6) is 0 Å². The van der Waals surface area contributed by atoms with Gasteiger partial charge in [0.1, 0.15) is 0 Å². The quantitative estimate of drug-likeness (QED) is 0.742. The third kappa shape index (κ3) is 3.19. The molecule has 6 heteroatoms. The fourth-order valence-corrected chi connectivity index (χ4v) is 2.61. The minimum Gasteiger partial charge on any atom is -0.361 e. The van der Waals surface area contributed by atoms with Gasteiger partial charge in [0.15, 0.2) is 11.6 Å². The second-order valence-electron chi connectivity index (χ2n) is 5.11. The lowest BCUT2D eigenvalue weighted by Crippen LogP contribution is -2.26. The first-order valence-corrected chi connectivity index (χ1v) is 7.42. The summed E-state index contributed by atoms with van der Waals surface area (Å²) < 4.78 is 26.7. The van der Waals surface area contributed by atoms with Crippen molar-refractivity contribution in [2.45, 2.75) is 6.42 Å². The summed E-state index contributed by atoms with van der Waals surface area (Å²) in [6.07, 6.45) is 2.39. The molecule has 0 atom stereocenters. The van der Waals surface area contributed by atoms with Crippen molar-refractivity contribution in [2.24, 2.45) is 0 Å². The molecule has 2 N–H and O–H groups in total. The molecular formula is C17H13ClF2N2O. The molecule has 0 unspecified atom stereocenters. The van der Waals surface area contributed by atoms with Gasteiger partial charge in [-0.3, -0.25) is 4.79 Å². The first kappa shape index (κ1) is 15.5. The lowest BCUT2D eigenvalue weighted by atomic mass is 10.1. The van der Waals surface area contributed by atoms with E-state index in [2.05, 4.69) is 10.3 Å². The molecule has 118 valence electrons. The van der Waals surface area contributed by atoms with Gasteiger partial charge < -0.3 is 10.3 Å². The number of benzene rings is 2. The van der Waals surface area contributed by atoms with Crippen LogP contribution in [0.4, 0.5) is 8.78 Å². The van der Waals surface area contributed by atoms with E-state index in [1.54, 1.807) is 6.07 Å². The second kappa shape index (κ2) is 6.38. The highest BCUT2D eigenvalue weighted by atomic mass is 35.5. The average molecular weight is 335 g/mol. The van der Waals surface area contributed by atoms with Crippen molar-refractivity contribution >= 4 is 28.4 Å². The molecular weight excluding hydrogens is 322 g/mol. The molecule has 1 amide bonds. The third-order valence-electron chi connectivity index (χ3n) is 3.61. The predicted octanol–water partition coefficient (Wildman–Crippen LogP) is 4.07. The molecule has 2 aromatic carbocycles. The third-order valence-corrected chi connectivity index (χ3v) is 3.84. The average Bonchev–Trinajstić information content (AvgIpc) is 2.92. The Morgan fingerprint density at radius 1 is 1.22 bits per heavy atom. The molecule has 0 fully saturated rings. The number of halogens is 3. The van der Waals surface area contributed by atoms with Gasteiger partial charge in [0.25, 0.3) is 5.91 Å². The molecule has 0 spiro atoms. The van der Waals surface area contributed by atoms with E-state index in [-0.39, 0.29) is 5.56 Å². The summed E-state index contributed by atoms with van der Waals surface area (Å²) in [7, 11) is 0. The summed E-state index contributed by atoms with van der Waals surface area (Å²) in [6, 6.07) is 9.04. The Bertz CT molecular complexity index is 876. The standard InChI is InChI=1S/C17H13ClF2N2O/c18-11-4-5-15-13(8-11)10(9-22-15)6-7-21-17(23)12-2-1-3-14(19)16(12)20/h1-5,8-9,22H,6-7H2,(H,21,23). The van der Waals surface area contributed by atoms with Crippen LogP contribution >= 0.6 is 11.6 Å². The molecule has 0 bridgehead atoms. The zero-order valence-electron chi connectivity index (χ0n) is 12.0. The van der Waals surface area contributed by atoms with Crippen LogP contribution < -0.4 is 5.32 Å². The van der Waals surface area contributed by atoms with Crippen molar-refractivity contribution < 1.29 is 13.6 Å². The maximum absolute atomic E-state index is 13.5. The summed E-state index contributed by atoms with van der Waals surface area (Å²) in [6.45, 7) is 0.300. The van der Waals surface area contributed by atoms with Crippen molar-refractivity contribution in [1.29, 1.82) is 0 Å². The highest BCUT2D eigenvalue weighted by Crippen LogP contribution is 2.22. The van der Waals surface area contributed by atoms with Crippen molar-refractivity contribution in [3.05, 3.63) is 70.4 Å². The topological polar surface area (TPSA) is 44.9 Å².